The number of nitrogens with zero attached hydrogens (tertiary/aromatic N) is 1. The average Bonchev–Trinajstić information content (AvgIpc) is 3.03. The largest absolute Gasteiger partial charge is 0.393 e. The summed E-state index contributed by atoms with van der Waals surface area (Å²) in [5.74, 6) is 0.0644. The number of aliphatic hydroxyl groups is 1. The molecule has 2 aromatic rings. The first-order valence-corrected chi connectivity index (χ1v) is 8.05. The van der Waals surface area contributed by atoms with Gasteiger partial charge in [-0.3, -0.25) is 4.79 Å². The van der Waals surface area contributed by atoms with Crippen LogP contribution in [0, 0.1) is 13.8 Å². The lowest BCUT2D eigenvalue weighted by Crippen LogP contribution is -2.37. The van der Waals surface area contributed by atoms with E-state index in [-0.39, 0.29) is 18.1 Å². The first-order valence-electron chi connectivity index (χ1n) is 8.05. The molecule has 0 saturated carbocycles. The number of fused-ring (bicyclic) bond motifs is 1. The standard InChI is InChI=1S/C18H24N2O2/c1-11-6-7-16-15(9-11)13(3)17(19-16)18(22)20-8-4-5-14(20)10-12(2)21/h6-7,9,12,14,19,21H,4-5,8,10H2,1-3H3. The minimum atomic E-state index is -0.370. The quantitative estimate of drug-likeness (QED) is 0.915. The van der Waals surface area contributed by atoms with E-state index in [1.807, 2.05) is 17.9 Å². The number of amides is 1. The van der Waals surface area contributed by atoms with Gasteiger partial charge < -0.3 is 15.0 Å². The molecular weight excluding hydrogens is 276 g/mol. The number of likely N-dealkylation sites (tertiary alicyclic amines) is 1. The third-order valence-corrected chi connectivity index (χ3v) is 4.68. The van der Waals surface area contributed by atoms with Crippen molar-refractivity contribution in [3.05, 3.63) is 35.0 Å². The number of nitrogens with one attached hydrogen (secondary N) is 1. The Balaban J connectivity index is 1.93. The molecule has 2 N–H and O–H groups in total. The Morgan fingerprint density at radius 2 is 2.23 bits per heavy atom. The molecule has 22 heavy (non-hydrogen) atoms. The Hall–Kier alpha value is -1.81. The molecule has 1 saturated heterocycles. The van der Waals surface area contributed by atoms with E-state index in [0.717, 1.165) is 35.9 Å². The molecule has 0 aliphatic carbocycles. The molecule has 0 spiro atoms. The Labute approximate surface area is 131 Å². The van der Waals surface area contributed by atoms with Gasteiger partial charge in [0, 0.05) is 23.5 Å². The summed E-state index contributed by atoms with van der Waals surface area (Å²) in [4.78, 5) is 18.1. The first kappa shape index (κ1) is 15.1. The third-order valence-electron chi connectivity index (χ3n) is 4.68. The highest BCUT2D eigenvalue weighted by Gasteiger charge is 2.31. The van der Waals surface area contributed by atoms with Crippen LogP contribution >= 0.6 is 0 Å². The van der Waals surface area contributed by atoms with Crippen LogP contribution in [0.4, 0.5) is 0 Å². The van der Waals surface area contributed by atoms with E-state index in [0.29, 0.717) is 12.1 Å². The van der Waals surface area contributed by atoms with Crippen LogP contribution in [0.15, 0.2) is 18.2 Å². The van der Waals surface area contributed by atoms with Crippen molar-refractivity contribution in [1.82, 2.24) is 9.88 Å². The molecule has 1 fully saturated rings. The summed E-state index contributed by atoms with van der Waals surface area (Å²) in [6.45, 7) is 6.64. The number of aromatic nitrogens is 1. The van der Waals surface area contributed by atoms with Crippen LogP contribution in [0.2, 0.25) is 0 Å². The van der Waals surface area contributed by atoms with Crippen LogP contribution in [-0.4, -0.2) is 39.6 Å². The summed E-state index contributed by atoms with van der Waals surface area (Å²) >= 11 is 0. The molecule has 2 heterocycles. The maximum Gasteiger partial charge on any atom is 0.270 e. The maximum atomic E-state index is 12.9. The van der Waals surface area contributed by atoms with Gasteiger partial charge in [-0.1, -0.05) is 11.6 Å². The normalized spacial score (nSPS) is 19.8. The number of carbonyl (C=O) groups is 1. The van der Waals surface area contributed by atoms with Crippen molar-refractivity contribution in [2.75, 3.05) is 6.54 Å². The van der Waals surface area contributed by atoms with Crippen molar-refractivity contribution in [2.45, 2.75) is 52.2 Å². The Morgan fingerprint density at radius 3 is 2.95 bits per heavy atom. The second-order valence-electron chi connectivity index (χ2n) is 6.55. The molecule has 118 valence electrons. The van der Waals surface area contributed by atoms with Gasteiger partial charge >= 0.3 is 0 Å². The number of rotatable bonds is 3. The summed E-state index contributed by atoms with van der Waals surface area (Å²) in [5, 5.41) is 10.8. The van der Waals surface area contributed by atoms with Gasteiger partial charge in [0.15, 0.2) is 0 Å². The average molecular weight is 300 g/mol. The first-order chi connectivity index (χ1) is 10.5. The highest BCUT2D eigenvalue weighted by molar-refractivity contribution is 6.01. The van der Waals surface area contributed by atoms with E-state index in [2.05, 4.69) is 24.0 Å². The lowest BCUT2D eigenvalue weighted by molar-refractivity contribution is 0.0676. The van der Waals surface area contributed by atoms with Gasteiger partial charge in [0.2, 0.25) is 0 Å². The molecule has 2 atom stereocenters. The highest BCUT2D eigenvalue weighted by atomic mass is 16.3. The Kier molecular flexibility index (Phi) is 3.96. The van der Waals surface area contributed by atoms with Crippen molar-refractivity contribution in [3.63, 3.8) is 0 Å². The molecule has 1 aromatic heterocycles. The van der Waals surface area contributed by atoms with Gasteiger partial charge in [-0.15, -0.1) is 0 Å². The number of aliphatic hydroxyl groups excluding tert-OH is 1. The maximum absolute atomic E-state index is 12.9. The molecule has 3 rings (SSSR count). The predicted molar refractivity (Wildman–Crippen MR) is 88.1 cm³/mol. The van der Waals surface area contributed by atoms with Crippen molar-refractivity contribution < 1.29 is 9.90 Å². The van der Waals surface area contributed by atoms with Crippen molar-refractivity contribution in [2.24, 2.45) is 0 Å². The molecule has 4 nitrogen and oxygen atoms in total. The van der Waals surface area contributed by atoms with E-state index < -0.39 is 0 Å². The van der Waals surface area contributed by atoms with Crippen molar-refractivity contribution >= 4 is 16.8 Å². The van der Waals surface area contributed by atoms with E-state index >= 15 is 0 Å². The van der Waals surface area contributed by atoms with Gasteiger partial charge in [-0.2, -0.15) is 0 Å². The number of hydrogen-bond donors (Lipinski definition) is 2. The minimum Gasteiger partial charge on any atom is -0.393 e. The number of H-pyrrole nitrogens is 1. The second kappa shape index (κ2) is 5.76. The fraction of sp³-hybridized carbons (Fsp3) is 0.500. The van der Waals surface area contributed by atoms with Crippen molar-refractivity contribution in [3.8, 4) is 0 Å². The highest BCUT2D eigenvalue weighted by Crippen LogP contribution is 2.28. The van der Waals surface area contributed by atoms with E-state index in [4.69, 9.17) is 0 Å². The lowest BCUT2D eigenvalue weighted by atomic mass is 10.1. The van der Waals surface area contributed by atoms with Crippen LogP contribution in [-0.2, 0) is 0 Å². The summed E-state index contributed by atoms with van der Waals surface area (Å²) in [5.41, 5.74) is 3.92. The SMILES string of the molecule is Cc1ccc2[nH]c(C(=O)N3CCCC3CC(C)O)c(C)c2c1. The summed E-state index contributed by atoms with van der Waals surface area (Å²) in [6.07, 6.45) is 2.28. The lowest BCUT2D eigenvalue weighted by Gasteiger charge is -2.25. The Morgan fingerprint density at radius 1 is 1.45 bits per heavy atom. The molecular formula is C18H24N2O2. The number of aryl methyl sites for hydroxylation is 2. The predicted octanol–water partition coefficient (Wildman–Crippen LogP) is 3.16. The van der Waals surface area contributed by atoms with Crippen LogP contribution in [0.5, 0.6) is 0 Å². The van der Waals surface area contributed by atoms with Gasteiger partial charge in [-0.25, -0.2) is 0 Å². The number of carbonyl (C=O) groups excluding carboxylic acids is 1. The van der Waals surface area contributed by atoms with Gasteiger partial charge in [-0.05, 0) is 57.7 Å². The van der Waals surface area contributed by atoms with Crippen LogP contribution in [0.1, 0.15) is 47.8 Å². The molecule has 1 aliphatic heterocycles. The fourth-order valence-corrected chi connectivity index (χ4v) is 3.54. The number of aromatic amines is 1. The van der Waals surface area contributed by atoms with E-state index in [1.165, 1.54) is 5.56 Å². The summed E-state index contributed by atoms with van der Waals surface area (Å²) in [7, 11) is 0. The van der Waals surface area contributed by atoms with Gasteiger partial charge in [0.1, 0.15) is 5.69 Å². The molecule has 1 amide bonds. The Bertz CT molecular complexity index is 702. The van der Waals surface area contributed by atoms with E-state index in [9.17, 15) is 9.90 Å². The van der Waals surface area contributed by atoms with Crippen LogP contribution < -0.4 is 0 Å². The number of benzene rings is 1. The molecule has 4 heteroatoms. The molecule has 2 unspecified atom stereocenters. The van der Waals surface area contributed by atoms with Gasteiger partial charge in [0.25, 0.3) is 5.91 Å². The molecule has 0 radical (unpaired) electrons. The zero-order valence-corrected chi connectivity index (χ0v) is 13.5. The second-order valence-corrected chi connectivity index (χ2v) is 6.55. The molecule has 1 aliphatic rings. The van der Waals surface area contributed by atoms with Crippen LogP contribution in [0.25, 0.3) is 10.9 Å². The van der Waals surface area contributed by atoms with E-state index in [1.54, 1.807) is 6.92 Å². The smallest absolute Gasteiger partial charge is 0.270 e. The summed E-state index contributed by atoms with van der Waals surface area (Å²) < 4.78 is 0. The monoisotopic (exact) mass is 300 g/mol. The van der Waals surface area contributed by atoms with Gasteiger partial charge in [0.05, 0.1) is 6.10 Å². The third kappa shape index (κ3) is 2.63. The fourth-order valence-electron chi connectivity index (χ4n) is 3.54. The zero-order chi connectivity index (χ0) is 15.9. The molecule has 0 bridgehead atoms. The zero-order valence-electron chi connectivity index (χ0n) is 13.5. The summed E-state index contributed by atoms with van der Waals surface area (Å²) in [6, 6.07) is 6.36. The van der Waals surface area contributed by atoms with Crippen molar-refractivity contribution in [1.29, 1.82) is 0 Å². The number of hydrogen-bond acceptors (Lipinski definition) is 2. The topological polar surface area (TPSA) is 56.3 Å². The molecule has 1 aromatic carbocycles. The minimum absolute atomic E-state index is 0.0644. The van der Waals surface area contributed by atoms with Crippen LogP contribution in [0.3, 0.4) is 0 Å².